The summed E-state index contributed by atoms with van der Waals surface area (Å²) >= 11 is 0. The molecule has 1 aromatic carbocycles. The van der Waals surface area contributed by atoms with Crippen molar-refractivity contribution in [3.8, 4) is 0 Å². The van der Waals surface area contributed by atoms with E-state index < -0.39 is 29.5 Å². The van der Waals surface area contributed by atoms with Gasteiger partial charge in [-0.05, 0) is 68.1 Å². The molecule has 10 heteroatoms. The van der Waals surface area contributed by atoms with E-state index in [-0.39, 0.29) is 23.6 Å². The maximum Gasteiger partial charge on any atom is 0.416 e. The van der Waals surface area contributed by atoms with Crippen LogP contribution in [0.5, 0.6) is 0 Å². The molecule has 0 unspecified atom stereocenters. The maximum absolute atomic E-state index is 13.6. The molecule has 0 amide bonds. The molecule has 1 aliphatic heterocycles. The molecule has 1 aliphatic rings. The molecule has 1 saturated heterocycles. The van der Waals surface area contributed by atoms with E-state index in [1.165, 1.54) is 0 Å². The molecule has 0 saturated carbocycles. The number of carboxylic acids is 2. The zero-order valence-electron chi connectivity index (χ0n) is 19.1. The van der Waals surface area contributed by atoms with Gasteiger partial charge in [-0.25, -0.2) is 14.0 Å². The molecule has 6 nitrogen and oxygen atoms in total. The number of benzene rings is 1. The molecular weight excluding hydrogens is 444 g/mol. The lowest BCUT2D eigenvalue weighted by Gasteiger charge is -2.36. The molecule has 1 heterocycles. The second-order valence-electron chi connectivity index (χ2n) is 9.07. The third-order valence-electron chi connectivity index (χ3n) is 5.09. The Morgan fingerprint density at radius 2 is 1.64 bits per heavy atom. The number of piperidine rings is 1. The van der Waals surface area contributed by atoms with Crippen LogP contribution in [-0.2, 0) is 22.3 Å². The fourth-order valence-corrected chi connectivity index (χ4v) is 3.37. The van der Waals surface area contributed by atoms with Gasteiger partial charge in [0.05, 0.1) is 5.56 Å². The average molecular weight is 477 g/mol. The first-order valence-corrected chi connectivity index (χ1v) is 10.6. The Balaban J connectivity index is 0.000000582. The van der Waals surface area contributed by atoms with Crippen LogP contribution in [0.3, 0.4) is 0 Å². The molecule has 0 aliphatic carbocycles. The molecule has 3 N–H and O–H groups in total. The third-order valence-corrected chi connectivity index (χ3v) is 5.09. The zero-order chi connectivity index (χ0) is 25.2. The van der Waals surface area contributed by atoms with Crippen molar-refractivity contribution in [3.63, 3.8) is 0 Å². The van der Waals surface area contributed by atoms with Crippen LogP contribution >= 0.6 is 0 Å². The number of hydrogen-bond donors (Lipinski definition) is 3. The lowest BCUT2D eigenvalue weighted by Crippen LogP contribution is -2.44. The molecular formula is C23H32F4N2O4. The van der Waals surface area contributed by atoms with Gasteiger partial charge in [0.25, 0.3) is 0 Å². The van der Waals surface area contributed by atoms with Crippen LogP contribution in [0.1, 0.15) is 51.2 Å². The molecule has 2 rings (SSSR count). The maximum atomic E-state index is 13.6. The number of rotatable bonds is 7. The Hall–Kier alpha value is -2.46. The van der Waals surface area contributed by atoms with E-state index in [9.17, 15) is 27.2 Å². The Kier molecular flexibility index (Phi) is 11.0. The summed E-state index contributed by atoms with van der Waals surface area (Å²) in [6.07, 6.45) is -0.660. The largest absolute Gasteiger partial charge is 0.478 e. The lowest BCUT2D eigenvalue weighted by atomic mass is 9.91. The van der Waals surface area contributed by atoms with E-state index in [0.29, 0.717) is 18.7 Å². The summed E-state index contributed by atoms with van der Waals surface area (Å²) < 4.78 is 53.5. The standard InChI is InChI=1S/C19H28F4N2.C4H4O4/c1-18(2,3)8-11-25(16-6-9-24-10-7-16)13-14-12-15(20)4-5-17(14)19(21,22)23;5-3(6)1-2-4(7)8/h4-5,12,16,24H,6-11,13H2,1-3H3;1-2H,(H,5,6)(H,7,8). The van der Waals surface area contributed by atoms with Gasteiger partial charge < -0.3 is 15.5 Å². The number of nitrogens with zero attached hydrogens (tertiary/aromatic N) is 1. The molecule has 0 spiro atoms. The number of halogens is 4. The number of hydrogen-bond acceptors (Lipinski definition) is 4. The van der Waals surface area contributed by atoms with Gasteiger partial charge in [0.2, 0.25) is 0 Å². The van der Waals surface area contributed by atoms with Gasteiger partial charge >= 0.3 is 18.1 Å². The van der Waals surface area contributed by atoms with Gasteiger partial charge in [0, 0.05) is 24.7 Å². The Bertz CT molecular complexity index is 798. The fourth-order valence-electron chi connectivity index (χ4n) is 3.37. The van der Waals surface area contributed by atoms with Crippen LogP contribution in [0.2, 0.25) is 0 Å². The first kappa shape index (κ1) is 28.6. The molecule has 33 heavy (non-hydrogen) atoms. The Morgan fingerprint density at radius 1 is 1.09 bits per heavy atom. The van der Waals surface area contributed by atoms with Crippen molar-refractivity contribution >= 4 is 11.9 Å². The summed E-state index contributed by atoms with van der Waals surface area (Å²) in [4.78, 5) is 21.2. The molecule has 0 bridgehead atoms. The van der Waals surface area contributed by atoms with Gasteiger partial charge in [0.15, 0.2) is 0 Å². The summed E-state index contributed by atoms with van der Waals surface area (Å²) in [6.45, 7) is 8.94. The molecule has 186 valence electrons. The second kappa shape index (κ2) is 12.7. The van der Waals surface area contributed by atoms with E-state index >= 15 is 0 Å². The first-order chi connectivity index (χ1) is 15.2. The second-order valence-corrected chi connectivity index (χ2v) is 9.07. The van der Waals surface area contributed by atoms with Gasteiger partial charge in [-0.15, -0.1) is 0 Å². The van der Waals surface area contributed by atoms with E-state index in [1.54, 1.807) is 0 Å². The fraction of sp³-hybridized carbons (Fsp3) is 0.565. The van der Waals surface area contributed by atoms with Crippen molar-refractivity contribution in [2.45, 2.75) is 58.8 Å². The van der Waals surface area contributed by atoms with Crippen molar-refractivity contribution in [2.24, 2.45) is 5.41 Å². The zero-order valence-corrected chi connectivity index (χ0v) is 19.1. The number of carbonyl (C=O) groups is 2. The number of aliphatic carboxylic acids is 2. The van der Waals surface area contributed by atoms with Crippen molar-refractivity contribution in [3.05, 3.63) is 47.3 Å². The minimum Gasteiger partial charge on any atom is -0.478 e. The summed E-state index contributed by atoms with van der Waals surface area (Å²) in [5, 5.41) is 18.9. The van der Waals surface area contributed by atoms with Crippen molar-refractivity contribution in [2.75, 3.05) is 19.6 Å². The average Bonchev–Trinajstić information content (AvgIpc) is 2.69. The van der Waals surface area contributed by atoms with E-state index in [2.05, 4.69) is 31.0 Å². The predicted octanol–water partition coefficient (Wildman–Crippen LogP) is 4.55. The summed E-state index contributed by atoms with van der Waals surface area (Å²) in [5.41, 5.74) is -0.608. The van der Waals surface area contributed by atoms with Crippen LogP contribution in [0, 0.1) is 11.2 Å². The third kappa shape index (κ3) is 11.8. The highest BCUT2D eigenvalue weighted by Crippen LogP contribution is 2.34. The minimum atomic E-state index is -4.47. The number of nitrogens with one attached hydrogen (secondary N) is 1. The predicted molar refractivity (Wildman–Crippen MR) is 116 cm³/mol. The topological polar surface area (TPSA) is 89.9 Å². The van der Waals surface area contributed by atoms with E-state index in [4.69, 9.17) is 10.2 Å². The SMILES string of the molecule is CC(C)(C)CCN(Cc1cc(F)ccc1C(F)(F)F)C1CCNCC1.O=C(O)C=CC(=O)O. The van der Waals surface area contributed by atoms with E-state index in [0.717, 1.165) is 50.6 Å². The van der Waals surface area contributed by atoms with Gasteiger partial charge in [-0.3, -0.25) is 4.90 Å². The van der Waals surface area contributed by atoms with Crippen LogP contribution in [-0.4, -0.2) is 52.7 Å². The molecule has 1 aromatic rings. The highest BCUT2D eigenvalue weighted by atomic mass is 19.4. The Morgan fingerprint density at radius 3 is 2.09 bits per heavy atom. The summed E-state index contributed by atoms with van der Waals surface area (Å²) in [6, 6.07) is 3.01. The van der Waals surface area contributed by atoms with Gasteiger partial charge in [-0.2, -0.15) is 13.2 Å². The van der Waals surface area contributed by atoms with Crippen molar-refractivity contribution in [1.82, 2.24) is 10.2 Å². The Labute approximate surface area is 191 Å². The summed E-state index contributed by atoms with van der Waals surface area (Å²) in [7, 11) is 0. The normalized spacial score (nSPS) is 15.4. The van der Waals surface area contributed by atoms with Crippen molar-refractivity contribution in [1.29, 1.82) is 0 Å². The van der Waals surface area contributed by atoms with Crippen LogP contribution in [0.15, 0.2) is 30.4 Å². The molecule has 0 radical (unpaired) electrons. The van der Waals surface area contributed by atoms with E-state index in [1.807, 2.05) is 0 Å². The van der Waals surface area contributed by atoms with Gasteiger partial charge in [0.1, 0.15) is 5.82 Å². The lowest BCUT2D eigenvalue weighted by molar-refractivity contribution is -0.138. The molecule has 0 atom stereocenters. The van der Waals surface area contributed by atoms with Crippen molar-refractivity contribution < 1.29 is 37.4 Å². The van der Waals surface area contributed by atoms with Crippen LogP contribution in [0.4, 0.5) is 17.6 Å². The highest BCUT2D eigenvalue weighted by Gasteiger charge is 2.34. The minimum absolute atomic E-state index is 0.0277. The molecule has 1 fully saturated rings. The monoisotopic (exact) mass is 476 g/mol. The highest BCUT2D eigenvalue weighted by molar-refractivity contribution is 5.89. The molecule has 0 aromatic heterocycles. The first-order valence-electron chi connectivity index (χ1n) is 10.6. The van der Waals surface area contributed by atoms with Crippen LogP contribution in [0.25, 0.3) is 0 Å². The van der Waals surface area contributed by atoms with Gasteiger partial charge in [-0.1, -0.05) is 20.8 Å². The summed E-state index contributed by atoms with van der Waals surface area (Å²) in [5.74, 6) is -3.14. The van der Waals surface area contributed by atoms with Crippen LogP contribution < -0.4 is 5.32 Å². The smallest absolute Gasteiger partial charge is 0.416 e. The number of alkyl halides is 3. The quantitative estimate of drug-likeness (QED) is 0.395. The number of carboxylic acid groups (broad SMARTS) is 2.